The van der Waals surface area contributed by atoms with Gasteiger partial charge in [0.25, 0.3) is 0 Å². The van der Waals surface area contributed by atoms with Crippen molar-refractivity contribution >= 4 is 11.8 Å². The number of nitrogens with one attached hydrogen (secondary N) is 1. The Balaban J connectivity index is 0.000000216. The van der Waals surface area contributed by atoms with E-state index in [1.165, 1.54) is 48.8 Å². The van der Waals surface area contributed by atoms with Gasteiger partial charge in [-0.15, -0.1) is 0 Å². The molecular formula is C24H34N6. The van der Waals surface area contributed by atoms with Crippen LogP contribution < -0.4 is 11.1 Å². The van der Waals surface area contributed by atoms with Gasteiger partial charge in [-0.1, -0.05) is 49.9 Å². The zero-order valence-electron chi connectivity index (χ0n) is 18.7. The maximum Gasteiger partial charge on any atom is 0.223 e. The van der Waals surface area contributed by atoms with Gasteiger partial charge in [-0.3, -0.25) is 4.68 Å². The molecule has 160 valence electrons. The molecule has 0 spiro atoms. The van der Waals surface area contributed by atoms with Crippen molar-refractivity contribution in [2.45, 2.75) is 65.3 Å². The maximum absolute atomic E-state index is 5.99. The van der Waals surface area contributed by atoms with Gasteiger partial charge in [0.05, 0.1) is 17.5 Å². The SMILES string of the molecule is CCc1cc(C)ccc1C.Cn1ncc(-c2ccnc(NC3CCCCC3)n2)c1N. The van der Waals surface area contributed by atoms with E-state index in [1.807, 2.05) is 13.1 Å². The summed E-state index contributed by atoms with van der Waals surface area (Å²) in [7, 11) is 1.82. The van der Waals surface area contributed by atoms with Crippen molar-refractivity contribution in [3.63, 3.8) is 0 Å². The lowest BCUT2D eigenvalue weighted by Gasteiger charge is -2.22. The van der Waals surface area contributed by atoms with Crippen LogP contribution in [0, 0.1) is 13.8 Å². The van der Waals surface area contributed by atoms with Gasteiger partial charge in [-0.05, 0) is 50.3 Å². The van der Waals surface area contributed by atoms with Crippen molar-refractivity contribution in [3.05, 3.63) is 53.3 Å². The summed E-state index contributed by atoms with van der Waals surface area (Å²) in [5.41, 5.74) is 11.9. The summed E-state index contributed by atoms with van der Waals surface area (Å²) in [5, 5.41) is 7.58. The molecule has 2 heterocycles. The molecule has 0 bridgehead atoms. The Labute approximate surface area is 179 Å². The van der Waals surface area contributed by atoms with E-state index < -0.39 is 0 Å². The van der Waals surface area contributed by atoms with Crippen LogP contribution in [0.25, 0.3) is 11.3 Å². The topological polar surface area (TPSA) is 81.7 Å². The molecule has 1 aliphatic carbocycles. The molecule has 0 radical (unpaired) electrons. The molecule has 2 aromatic heterocycles. The molecule has 3 N–H and O–H groups in total. The van der Waals surface area contributed by atoms with E-state index in [-0.39, 0.29) is 0 Å². The number of aryl methyl sites for hydroxylation is 4. The molecule has 0 aliphatic heterocycles. The van der Waals surface area contributed by atoms with Gasteiger partial charge in [-0.2, -0.15) is 5.10 Å². The first kappa shape index (κ1) is 21.8. The standard InChI is InChI=1S/C14H20N6.C10H14/c1-20-13(15)11(9-17-20)12-7-8-16-14(19-12)18-10-5-3-2-4-6-10;1-4-10-7-8(2)5-6-9(10)3/h7-10H,2-6,15H2,1H3,(H,16,18,19);5-7H,4H2,1-3H3. The summed E-state index contributed by atoms with van der Waals surface area (Å²) in [6, 6.07) is 8.96. The third kappa shape index (κ3) is 5.59. The number of aromatic nitrogens is 4. The van der Waals surface area contributed by atoms with Crippen molar-refractivity contribution in [1.82, 2.24) is 19.7 Å². The van der Waals surface area contributed by atoms with Crippen LogP contribution >= 0.6 is 0 Å². The summed E-state index contributed by atoms with van der Waals surface area (Å²) < 4.78 is 1.64. The monoisotopic (exact) mass is 406 g/mol. The van der Waals surface area contributed by atoms with Gasteiger partial charge < -0.3 is 11.1 Å². The Morgan fingerprint density at radius 1 is 1.13 bits per heavy atom. The number of hydrogen-bond donors (Lipinski definition) is 2. The second-order valence-electron chi connectivity index (χ2n) is 8.10. The first-order valence-electron chi connectivity index (χ1n) is 10.9. The minimum atomic E-state index is 0.491. The number of benzene rings is 1. The molecule has 1 fully saturated rings. The van der Waals surface area contributed by atoms with Crippen LogP contribution in [0.15, 0.2) is 36.7 Å². The highest BCUT2D eigenvalue weighted by Crippen LogP contribution is 2.25. The smallest absolute Gasteiger partial charge is 0.223 e. The van der Waals surface area contributed by atoms with Gasteiger partial charge >= 0.3 is 0 Å². The highest BCUT2D eigenvalue weighted by Gasteiger charge is 2.15. The average molecular weight is 407 g/mol. The van der Waals surface area contributed by atoms with E-state index in [2.05, 4.69) is 59.4 Å². The Morgan fingerprint density at radius 2 is 1.90 bits per heavy atom. The van der Waals surface area contributed by atoms with E-state index in [0.717, 1.165) is 17.7 Å². The van der Waals surface area contributed by atoms with Crippen molar-refractivity contribution in [1.29, 1.82) is 0 Å². The van der Waals surface area contributed by atoms with Crippen LogP contribution in [0.4, 0.5) is 11.8 Å². The van der Waals surface area contributed by atoms with Crippen molar-refractivity contribution in [3.8, 4) is 11.3 Å². The minimum Gasteiger partial charge on any atom is -0.383 e. The van der Waals surface area contributed by atoms with Gasteiger partial charge in [0.1, 0.15) is 5.82 Å². The summed E-state index contributed by atoms with van der Waals surface area (Å²) in [6.45, 7) is 6.50. The molecule has 6 nitrogen and oxygen atoms in total. The molecule has 1 aliphatic rings. The second kappa shape index (κ2) is 10.2. The fourth-order valence-corrected chi connectivity index (χ4v) is 3.83. The number of nitrogen functional groups attached to an aromatic ring is 1. The van der Waals surface area contributed by atoms with Crippen molar-refractivity contribution < 1.29 is 0 Å². The number of nitrogens with zero attached hydrogens (tertiary/aromatic N) is 4. The minimum absolute atomic E-state index is 0.491. The van der Waals surface area contributed by atoms with Gasteiger partial charge in [0.2, 0.25) is 5.95 Å². The zero-order valence-corrected chi connectivity index (χ0v) is 18.7. The molecular weight excluding hydrogens is 372 g/mol. The fraction of sp³-hybridized carbons (Fsp3) is 0.458. The molecule has 3 aromatic rings. The lowest BCUT2D eigenvalue weighted by Crippen LogP contribution is -2.23. The molecule has 0 unspecified atom stereocenters. The van der Waals surface area contributed by atoms with E-state index in [4.69, 9.17) is 5.73 Å². The van der Waals surface area contributed by atoms with Crippen LogP contribution in [0.3, 0.4) is 0 Å². The summed E-state index contributed by atoms with van der Waals surface area (Å²) in [6.07, 6.45) is 11.0. The van der Waals surface area contributed by atoms with E-state index >= 15 is 0 Å². The molecule has 0 atom stereocenters. The number of hydrogen-bond acceptors (Lipinski definition) is 5. The van der Waals surface area contributed by atoms with Gasteiger partial charge in [-0.25, -0.2) is 9.97 Å². The molecule has 0 amide bonds. The average Bonchev–Trinajstić information content (AvgIpc) is 3.10. The van der Waals surface area contributed by atoms with Crippen molar-refractivity contribution in [2.75, 3.05) is 11.1 Å². The lowest BCUT2D eigenvalue weighted by molar-refractivity contribution is 0.461. The summed E-state index contributed by atoms with van der Waals surface area (Å²) in [4.78, 5) is 8.86. The molecule has 30 heavy (non-hydrogen) atoms. The number of rotatable bonds is 4. The quantitative estimate of drug-likeness (QED) is 0.632. The van der Waals surface area contributed by atoms with Crippen LogP contribution in [0.2, 0.25) is 0 Å². The fourth-order valence-electron chi connectivity index (χ4n) is 3.83. The molecule has 1 aromatic carbocycles. The molecule has 0 saturated heterocycles. The van der Waals surface area contributed by atoms with Crippen LogP contribution in [0.1, 0.15) is 55.7 Å². The highest BCUT2D eigenvalue weighted by molar-refractivity contribution is 5.70. The van der Waals surface area contributed by atoms with Gasteiger partial charge in [0, 0.05) is 19.3 Å². The zero-order chi connectivity index (χ0) is 21.5. The number of anilines is 2. The Bertz CT molecular complexity index is 956. The normalized spacial score (nSPS) is 14.1. The third-order valence-electron chi connectivity index (χ3n) is 5.74. The lowest BCUT2D eigenvalue weighted by atomic mass is 9.96. The molecule has 1 saturated carbocycles. The van der Waals surface area contributed by atoms with Gasteiger partial charge in [0.15, 0.2) is 0 Å². The first-order valence-corrected chi connectivity index (χ1v) is 10.9. The van der Waals surface area contributed by atoms with E-state index in [1.54, 1.807) is 17.1 Å². The van der Waals surface area contributed by atoms with Crippen molar-refractivity contribution in [2.24, 2.45) is 7.05 Å². The predicted octanol–water partition coefficient (Wildman–Crippen LogP) is 5.07. The van der Waals surface area contributed by atoms with Crippen LogP contribution in [-0.2, 0) is 13.5 Å². The van der Waals surface area contributed by atoms with Crippen LogP contribution in [0.5, 0.6) is 0 Å². The van der Waals surface area contributed by atoms with Crippen LogP contribution in [-0.4, -0.2) is 25.8 Å². The summed E-state index contributed by atoms with van der Waals surface area (Å²) >= 11 is 0. The third-order valence-corrected chi connectivity index (χ3v) is 5.74. The van der Waals surface area contributed by atoms with E-state index in [9.17, 15) is 0 Å². The first-order chi connectivity index (χ1) is 14.5. The van der Waals surface area contributed by atoms with E-state index in [0.29, 0.717) is 17.8 Å². The predicted molar refractivity (Wildman–Crippen MR) is 124 cm³/mol. The molecule has 6 heteroatoms. The molecule has 4 rings (SSSR count). The Kier molecular flexibility index (Phi) is 7.44. The second-order valence-corrected chi connectivity index (χ2v) is 8.10. The Morgan fingerprint density at radius 3 is 2.53 bits per heavy atom. The highest BCUT2D eigenvalue weighted by atomic mass is 15.3. The largest absolute Gasteiger partial charge is 0.383 e. The Hall–Kier alpha value is -2.89. The number of nitrogens with two attached hydrogens (primary N) is 1. The maximum atomic E-state index is 5.99. The summed E-state index contributed by atoms with van der Waals surface area (Å²) in [5.74, 6) is 1.30.